The summed E-state index contributed by atoms with van der Waals surface area (Å²) in [7, 11) is 1.55. The molecule has 4 N–H and O–H groups in total. The van der Waals surface area contributed by atoms with Crippen LogP contribution in [0.15, 0.2) is 60.5 Å². The zero-order valence-corrected chi connectivity index (χ0v) is 43.5. The minimum Gasteiger partial charge on any atom is -0.495 e. The predicted octanol–water partition coefficient (Wildman–Crippen LogP) is 6.07. The Morgan fingerprint density at radius 3 is 2.37 bits per heavy atom. The summed E-state index contributed by atoms with van der Waals surface area (Å²) < 4.78 is 24.5. The first-order valence-electron chi connectivity index (χ1n) is 25.2. The van der Waals surface area contributed by atoms with Crippen molar-refractivity contribution in [2.75, 3.05) is 70.1 Å². The second kappa shape index (κ2) is 24.4. The summed E-state index contributed by atoms with van der Waals surface area (Å²) >= 11 is 1.59. The summed E-state index contributed by atoms with van der Waals surface area (Å²) in [5, 5.41) is 20.7. The van der Waals surface area contributed by atoms with Crippen molar-refractivity contribution in [1.29, 1.82) is 0 Å². The fourth-order valence-electron chi connectivity index (χ4n) is 9.68. The molecule has 1 aliphatic carbocycles. The summed E-state index contributed by atoms with van der Waals surface area (Å²) in [5.41, 5.74) is 6.09. The molecule has 3 atom stereocenters. The number of ether oxygens (including phenoxy) is 4. The minimum absolute atomic E-state index is 0.0572. The molecule has 4 amide bonds. The molecule has 390 valence electrons. The minimum atomic E-state index is -0.862. The van der Waals surface area contributed by atoms with Crippen LogP contribution in [-0.4, -0.2) is 136 Å². The molecule has 0 radical (unpaired) electrons. The van der Waals surface area contributed by atoms with Gasteiger partial charge in [0.05, 0.1) is 74.2 Å². The number of hydrogen-bond acceptors (Lipinski definition) is 16. The molecule has 2 fully saturated rings. The number of aromatic nitrogens is 6. The first kappa shape index (κ1) is 52.8. The second-order valence-corrected chi connectivity index (χ2v) is 20.4. The van der Waals surface area contributed by atoms with E-state index in [9.17, 15) is 19.2 Å². The zero-order chi connectivity index (χ0) is 51.5. The Kier molecular flexibility index (Phi) is 17.7. The lowest BCUT2D eigenvalue weighted by atomic mass is 9.85. The van der Waals surface area contributed by atoms with Crippen molar-refractivity contribution < 1.29 is 38.1 Å². The molecule has 2 aromatic carbocycles. The fraction of sp³-hybridized carbons (Fsp3) is 0.519. The van der Waals surface area contributed by atoms with Gasteiger partial charge in [-0.15, -0.1) is 21.5 Å². The van der Waals surface area contributed by atoms with Crippen LogP contribution in [-0.2, 0) is 35.1 Å². The number of likely N-dealkylation sites (tertiary alicyclic amines) is 1. The van der Waals surface area contributed by atoms with E-state index in [4.69, 9.17) is 23.9 Å². The van der Waals surface area contributed by atoms with Gasteiger partial charge in [-0.2, -0.15) is 4.98 Å². The Morgan fingerprint density at radius 1 is 0.904 bits per heavy atom. The number of aryl methyl sites for hydroxylation is 1. The fourth-order valence-corrected chi connectivity index (χ4v) is 10.5. The molecule has 0 spiro atoms. The van der Waals surface area contributed by atoms with Crippen LogP contribution in [0.4, 0.5) is 17.5 Å². The van der Waals surface area contributed by atoms with Gasteiger partial charge in [-0.3, -0.25) is 23.7 Å². The van der Waals surface area contributed by atoms with Gasteiger partial charge in [0, 0.05) is 31.2 Å². The van der Waals surface area contributed by atoms with Gasteiger partial charge in [0.25, 0.3) is 5.91 Å². The number of amides is 4. The van der Waals surface area contributed by atoms with Crippen LogP contribution in [0.2, 0.25) is 0 Å². The van der Waals surface area contributed by atoms with Crippen molar-refractivity contribution in [1.82, 2.24) is 50.6 Å². The van der Waals surface area contributed by atoms with Crippen LogP contribution in [0.25, 0.3) is 16.1 Å². The number of carbonyl (C=O) groups is 4. The van der Waals surface area contributed by atoms with Gasteiger partial charge < -0.3 is 50.0 Å². The SMILES string of the molecule is CC[C@@H]1c2nncn2-c2cnc(Nc3ccc(C(=O)NCCOCCOCCOCC(=O)N[C@H](C(=O)N4CCC[C@H]4C(=O)NCc4ccc(-c5scnc5C)cc4)C(C)(C)C)cc3OC)nc2N1C1CCCC1. The lowest BCUT2D eigenvalue weighted by Gasteiger charge is -2.40. The number of nitrogens with zero attached hydrogens (tertiary/aromatic N) is 8. The molecule has 20 nitrogen and oxygen atoms in total. The van der Waals surface area contributed by atoms with Gasteiger partial charge in [-0.25, -0.2) is 9.97 Å². The van der Waals surface area contributed by atoms with E-state index in [1.807, 2.05) is 62.0 Å². The molecule has 1 saturated heterocycles. The largest absolute Gasteiger partial charge is 0.495 e. The van der Waals surface area contributed by atoms with Crippen LogP contribution in [0, 0.1) is 12.3 Å². The smallest absolute Gasteiger partial charge is 0.251 e. The first-order valence-corrected chi connectivity index (χ1v) is 26.1. The maximum absolute atomic E-state index is 13.9. The summed E-state index contributed by atoms with van der Waals surface area (Å²) in [5.74, 6) is 1.38. The van der Waals surface area contributed by atoms with Crippen LogP contribution in [0.1, 0.15) is 106 Å². The molecular formula is C52H68N12O8S. The normalized spacial score (nSPS) is 17.0. The molecule has 73 heavy (non-hydrogen) atoms. The van der Waals surface area contributed by atoms with Gasteiger partial charge in [-0.1, -0.05) is 64.8 Å². The maximum atomic E-state index is 13.9. The van der Waals surface area contributed by atoms with Crippen LogP contribution < -0.4 is 30.9 Å². The second-order valence-electron chi connectivity index (χ2n) is 19.5. The van der Waals surface area contributed by atoms with Crippen LogP contribution in [0.5, 0.6) is 5.75 Å². The molecule has 5 heterocycles. The number of nitrogens with one attached hydrogen (secondary N) is 4. The Labute approximate surface area is 430 Å². The lowest BCUT2D eigenvalue weighted by Crippen LogP contribution is -2.58. The van der Waals surface area contributed by atoms with Crippen LogP contribution >= 0.6 is 11.3 Å². The first-order chi connectivity index (χ1) is 35.3. The van der Waals surface area contributed by atoms with Crippen LogP contribution in [0.3, 0.4) is 0 Å². The standard InChI is InChI=1S/C52H68N12O8S/c1-7-39-47-61-57-31-63(47)41-29-55-51(60-46(41)64(39)37-11-8-9-12-37)58-38-19-18-36(27-42(38)69-6)48(66)53-20-22-70-23-24-71-25-26-72-30-43(65)59-45(52(3,4)5)50(68)62-21-10-13-40(62)49(67)54-28-34-14-16-35(17-15-34)44-33(2)56-32-73-44/h14-19,27,29,31-32,37,39-40,45H,7-13,20-26,28,30H2,1-6H3,(H,53,66)(H,54,67)(H,59,65)(H,55,58,60)/t39-,40+,45-/m1/s1. The Hall–Kier alpha value is -6.55. The monoisotopic (exact) mass is 1020 g/mol. The quantitative estimate of drug-likeness (QED) is 0.0544. The van der Waals surface area contributed by atoms with E-state index in [2.05, 4.69) is 53.3 Å². The van der Waals surface area contributed by atoms with Gasteiger partial charge in [-0.05, 0) is 73.8 Å². The van der Waals surface area contributed by atoms with Crippen molar-refractivity contribution >= 4 is 52.4 Å². The number of anilines is 3. The Morgan fingerprint density at radius 2 is 1.66 bits per heavy atom. The Balaban J connectivity index is 0.708. The molecular weight excluding hydrogens is 953 g/mol. The van der Waals surface area contributed by atoms with Crippen molar-refractivity contribution in [3.63, 3.8) is 0 Å². The van der Waals surface area contributed by atoms with E-state index in [1.165, 1.54) is 12.8 Å². The average Bonchev–Trinajstić information content (AvgIpc) is 4.25. The van der Waals surface area contributed by atoms with Crippen molar-refractivity contribution in [3.05, 3.63) is 83.1 Å². The lowest BCUT2D eigenvalue weighted by molar-refractivity contribution is -0.144. The van der Waals surface area contributed by atoms with Gasteiger partial charge >= 0.3 is 0 Å². The van der Waals surface area contributed by atoms with E-state index < -0.39 is 23.4 Å². The third kappa shape index (κ3) is 12.8. The third-order valence-corrected chi connectivity index (χ3v) is 14.4. The Bertz CT molecular complexity index is 2680. The molecule has 0 unspecified atom stereocenters. The zero-order valence-electron chi connectivity index (χ0n) is 42.6. The third-order valence-electron chi connectivity index (χ3n) is 13.5. The number of rotatable bonds is 23. The molecule has 2 aliphatic heterocycles. The maximum Gasteiger partial charge on any atom is 0.251 e. The average molecular weight is 1020 g/mol. The highest BCUT2D eigenvalue weighted by atomic mass is 32.1. The number of methoxy groups -OCH3 is 1. The van der Waals surface area contributed by atoms with E-state index in [0.29, 0.717) is 61.5 Å². The highest BCUT2D eigenvalue weighted by Gasteiger charge is 2.42. The number of fused-ring (bicyclic) bond motifs is 3. The van der Waals surface area contributed by atoms with Crippen molar-refractivity contribution in [2.45, 2.75) is 110 Å². The molecule has 3 aromatic heterocycles. The van der Waals surface area contributed by atoms with Gasteiger partial charge in [0.1, 0.15) is 36.5 Å². The molecule has 21 heteroatoms. The van der Waals surface area contributed by atoms with Crippen molar-refractivity contribution in [3.8, 4) is 21.9 Å². The van der Waals surface area contributed by atoms with Gasteiger partial charge in [0.15, 0.2) is 11.6 Å². The highest BCUT2D eigenvalue weighted by Crippen LogP contribution is 2.43. The number of benzene rings is 2. The van der Waals surface area contributed by atoms with Crippen molar-refractivity contribution in [2.24, 2.45) is 5.41 Å². The summed E-state index contributed by atoms with van der Waals surface area (Å²) in [6.07, 6.45) is 10.2. The molecule has 3 aliphatic rings. The molecule has 1 saturated carbocycles. The molecule has 5 aromatic rings. The summed E-state index contributed by atoms with van der Waals surface area (Å²) in [6.45, 7) is 11.8. The van der Waals surface area contributed by atoms with E-state index in [0.717, 1.165) is 58.3 Å². The van der Waals surface area contributed by atoms with E-state index in [1.54, 1.807) is 54.1 Å². The van der Waals surface area contributed by atoms with E-state index in [-0.39, 0.29) is 63.3 Å². The summed E-state index contributed by atoms with van der Waals surface area (Å²) in [4.78, 5) is 72.5. The molecule has 8 rings (SSSR count). The van der Waals surface area contributed by atoms with E-state index >= 15 is 0 Å². The van der Waals surface area contributed by atoms with Gasteiger partial charge in [0.2, 0.25) is 23.7 Å². The number of hydrogen-bond donors (Lipinski definition) is 4. The molecule has 0 bridgehead atoms. The number of carbonyl (C=O) groups excluding carboxylic acids is 4. The topological polar surface area (TPSA) is 229 Å². The summed E-state index contributed by atoms with van der Waals surface area (Å²) in [6, 6.07) is 12.1. The number of thiazole rings is 1. The highest BCUT2D eigenvalue weighted by molar-refractivity contribution is 7.13. The predicted molar refractivity (Wildman–Crippen MR) is 276 cm³/mol.